The maximum absolute atomic E-state index is 13.6. The van der Waals surface area contributed by atoms with E-state index >= 15 is 0 Å². The molecule has 0 aliphatic carbocycles. The Bertz CT molecular complexity index is 1420. The number of methoxy groups -OCH3 is 2. The Balaban J connectivity index is 1.75. The van der Waals surface area contributed by atoms with Crippen LogP contribution in [0, 0.1) is 0 Å². The van der Waals surface area contributed by atoms with E-state index in [0.717, 1.165) is 17.4 Å². The van der Waals surface area contributed by atoms with Crippen molar-refractivity contribution in [3.63, 3.8) is 0 Å². The molecule has 0 bridgehead atoms. The van der Waals surface area contributed by atoms with E-state index in [-0.39, 0.29) is 41.9 Å². The molecule has 2 amide bonds. The molecule has 2 aromatic carbocycles. The van der Waals surface area contributed by atoms with Crippen LogP contribution in [0.1, 0.15) is 28.8 Å². The zero-order valence-corrected chi connectivity index (χ0v) is 21.0. The number of carbonyl (C=O) groups is 2. The maximum atomic E-state index is 13.6. The second-order valence-electron chi connectivity index (χ2n) is 8.70. The van der Waals surface area contributed by atoms with Gasteiger partial charge in [0.25, 0.3) is 11.5 Å². The molecular formula is C26H30N4O7. The number of fused-ring (bicyclic) bond motifs is 1. The van der Waals surface area contributed by atoms with Crippen LogP contribution in [0.25, 0.3) is 10.9 Å². The van der Waals surface area contributed by atoms with Gasteiger partial charge in [0.2, 0.25) is 5.91 Å². The largest absolute Gasteiger partial charge is 0.493 e. The number of hydrogen-bond acceptors (Lipinski definition) is 7. The highest BCUT2D eigenvalue weighted by molar-refractivity contribution is 5.94. The summed E-state index contributed by atoms with van der Waals surface area (Å²) in [6.45, 7) is 0.669. The summed E-state index contributed by atoms with van der Waals surface area (Å²) in [7, 11) is 4.43. The summed E-state index contributed by atoms with van der Waals surface area (Å²) in [6.07, 6.45) is 1.76. The lowest BCUT2D eigenvalue weighted by molar-refractivity contribution is -0.122. The lowest BCUT2D eigenvalue weighted by Crippen LogP contribution is -2.43. The van der Waals surface area contributed by atoms with Gasteiger partial charge < -0.3 is 24.8 Å². The molecule has 0 unspecified atom stereocenters. The molecule has 0 saturated carbocycles. The number of nitrogens with zero attached hydrogens (tertiary/aromatic N) is 2. The Labute approximate surface area is 212 Å². The Morgan fingerprint density at radius 1 is 1.05 bits per heavy atom. The first-order valence-corrected chi connectivity index (χ1v) is 11.9. The Kier molecular flexibility index (Phi) is 7.92. The molecule has 1 saturated heterocycles. The van der Waals surface area contributed by atoms with Crippen molar-refractivity contribution in [3.05, 3.63) is 68.4 Å². The van der Waals surface area contributed by atoms with Gasteiger partial charge >= 0.3 is 5.69 Å². The van der Waals surface area contributed by atoms with E-state index in [1.54, 1.807) is 24.3 Å². The number of ether oxygens (including phenoxy) is 3. The number of nitrogens with one attached hydrogen (secondary N) is 2. The van der Waals surface area contributed by atoms with Crippen LogP contribution >= 0.6 is 0 Å². The number of amides is 2. The number of benzene rings is 2. The van der Waals surface area contributed by atoms with Crippen molar-refractivity contribution in [2.45, 2.75) is 32.0 Å². The fourth-order valence-electron chi connectivity index (χ4n) is 4.36. The van der Waals surface area contributed by atoms with E-state index in [0.29, 0.717) is 35.8 Å². The van der Waals surface area contributed by atoms with Crippen LogP contribution in [-0.4, -0.2) is 61.5 Å². The maximum Gasteiger partial charge on any atom is 0.332 e. The average Bonchev–Trinajstić information content (AvgIpc) is 3.45. The van der Waals surface area contributed by atoms with Crippen molar-refractivity contribution < 1.29 is 23.8 Å². The van der Waals surface area contributed by atoms with Crippen LogP contribution < -0.4 is 31.4 Å². The van der Waals surface area contributed by atoms with Crippen LogP contribution in [0.15, 0.2) is 46.0 Å². The van der Waals surface area contributed by atoms with Crippen LogP contribution in [-0.2, 0) is 22.6 Å². The zero-order chi connectivity index (χ0) is 26.5. The number of rotatable bonds is 9. The Hall–Kier alpha value is -4.12. The van der Waals surface area contributed by atoms with Crippen molar-refractivity contribution in [3.8, 4) is 11.5 Å². The topological polar surface area (TPSA) is 130 Å². The van der Waals surface area contributed by atoms with Gasteiger partial charge in [0.05, 0.1) is 37.8 Å². The average molecular weight is 511 g/mol. The zero-order valence-electron chi connectivity index (χ0n) is 21.0. The van der Waals surface area contributed by atoms with Crippen LogP contribution in [0.4, 0.5) is 0 Å². The SMILES string of the molecule is CNC(=O)c1ccc(Cn2c(=O)c3cc(OC)c(OC)cc3n(CC(=O)NC[C@@H]3CCCO3)c2=O)cc1. The van der Waals surface area contributed by atoms with Gasteiger partial charge in [-0.05, 0) is 36.6 Å². The molecule has 1 atom stereocenters. The Morgan fingerprint density at radius 3 is 2.38 bits per heavy atom. The van der Waals surface area contributed by atoms with Gasteiger partial charge in [0, 0.05) is 31.8 Å². The normalized spacial score (nSPS) is 14.9. The molecule has 3 aromatic rings. The molecule has 11 nitrogen and oxygen atoms in total. The molecule has 0 radical (unpaired) electrons. The first-order valence-electron chi connectivity index (χ1n) is 11.9. The van der Waals surface area contributed by atoms with E-state index in [4.69, 9.17) is 14.2 Å². The van der Waals surface area contributed by atoms with Gasteiger partial charge in [0.15, 0.2) is 11.5 Å². The third-order valence-electron chi connectivity index (χ3n) is 6.37. The minimum atomic E-state index is -0.646. The number of aromatic nitrogens is 2. The number of carbonyl (C=O) groups excluding carboxylic acids is 2. The molecule has 2 N–H and O–H groups in total. The summed E-state index contributed by atoms with van der Waals surface area (Å²) in [5.41, 5.74) is 0.168. The van der Waals surface area contributed by atoms with E-state index in [1.165, 1.54) is 38.0 Å². The third-order valence-corrected chi connectivity index (χ3v) is 6.37. The lowest BCUT2D eigenvalue weighted by atomic mass is 10.1. The number of hydrogen-bond donors (Lipinski definition) is 2. The van der Waals surface area contributed by atoms with Crippen LogP contribution in [0.2, 0.25) is 0 Å². The predicted octanol–water partition coefficient (Wildman–Crippen LogP) is 0.884. The summed E-state index contributed by atoms with van der Waals surface area (Å²) in [6, 6.07) is 9.60. The predicted molar refractivity (Wildman–Crippen MR) is 136 cm³/mol. The van der Waals surface area contributed by atoms with Crippen LogP contribution in [0.5, 0.6) is 11.5 Å². The highest BCUT2D eigenvalue weighted by Gasteiger charge is 2.20. The highest BCUT2D eigenvalue weighted by Crippen LogP contribution is 2.30. The summed E-state index contributed by atoms with van der Waals surface area (Å²) in [5, 5.41) is 5.56. The summed E-state index contributed by atoms with van der Waals surface area (Å²) in [5.74, 6) is 0.0205. The molecule has 37 heavy (non-hydrogen) atoms. The summed E-state index contributed by atoms with van der Waals surface area (Å²) < 4.78 is 18.6. The standard InChI is InChI=1S/C26H30N4O7/c1-27-24(32)17-8-6-16(7-9-17)14-30-25(33)19-11-21(35-2)22(36-3)12-20(19)29(26(30)34)15-23(31)28-13-18-5-4-10-37-18/h6-9,11-12,18H,4-5,10,13-15H2,1-3H3,(H,27,32)(H,28,31)/t18-/m0/s1. The van der Waals surface area contributed by atoms with E-state index in [2.05, 4.69) is 10.6 Å². The van der Waals surface area contributed by atoms with Gasteiger partial charge in [-0.3, -0.25) is 23.5 Å². The van der Waals surface area contributed by atoms with Gasteiger partial charge in [-0.1, -0.05) is 12.1 Å². The molecular weight excluding hydrogens is 480 g/mol. The van der Waals surface area contributed by atoms with E-state index in [1.807, 2.05) is 0 Å². The smallest absolute Gasteiger partial charge is 0.332 e. The van der Waals surface area contributed by atoms with Crippen molar-refractivity contribution in [1.82, 2.24) is 19.8 Å². The van der Waals surface area contributed by atoms with E-state index in [9.17, 15) is 19.2 Å². The molecule has 1 aliphatic rings. The van der Waals surface area contributed by atoms with Crippen molar-refractivity contribution in [2.75, 3.05) is 34.4 Å². The second-order valence-corrected chi connectivity index (χ2v) is 8.70. The molecule has 1 aliphatic heterocycles. The molecule has 1 aromatic heterocycles. The molecule has 0 spiro atoms. The van der Waals surface area contributed by atoms with Crippen molar-refractivity contribution >= 4 is 22.7 Å². The molecule has 11 heteroatoms. The van der Waals surface area contributed by atoms with Gasteiger partial charge in [-0.2, -0.15) is 0 Å². The summed E-state index contributed by atoms with van der Waals surface area (Å²) in [4.78, 5) is 51.7. The molecule has 1 fully saturated rings. The quantitative estimate of drug-likeness (QED) is 0.437. The van der Waals surface area contributed by atoms with E-state index < -0.39 is 11.2 Å². The van der Waals surface area contributed by atoms with Gasteiger partial charge in [0.1, 0.15) is 6.54 Å². The first kappa shape index (κ1) is 26.0. The van der Waals surface area contributed by atoms with Gasteiger partial charge in [-0.25, -0.2) is 4.79 Å². The molecule has 4 rings (SSSR count). The fourth-order valence-corrected chi connectivity index (χ4v) is 4.36. The van der Waals surface area contributed by atoms with Crippen LogP contribution in [0.3, 0.4) is 0 Å². The fraction of sp³-hybridized carbons (Fsp3) is 0.385. The first-order chi connectivity index (χ1) is 17.9. The minimum absolute atomic E-state index is 0.0477. The third kappa shape index (κ3) is 5.51. The second kappa shape index (κ2) is 11.3. The van der Waals surface area contributed by atoms with Crippen molar-refractivity contribution in [2.24, 2.45) is 0 Å². The monoisotopic (exact) mass is 510 g/mol. The lowest BCUT2D eigenvalue weighted by Gasteiger charge is -2.17. The highest BCUT2D eigenvalue weighted by atomic mass is 16.5. The Morgan fingerprint density at radius 2 is 1.76 bits per heavy atom. The molecule has 2 heterocycles. The van der Waals surface area contributed by atoms with Gasteiger partial charge in [-0.15, -0.1) is 0 Å². The van der Waals surface area contributed by atoms with Crippen molar-refractivity contribution in [1.29, 1.82) is 0 Å². The minimum Gasteiger partial charge on any atom is -0.493 e. The molecule has 196 valence electrons. The summed E-state index contributed by atoms with van der Waals surface area (Å²) >= 11 is 0.